The Bertz CT molecular complexity index is 780. The van der Waals surface area contributed by atoms with Crippen molar-refractivity contribution >= 4 is 29.3 Å². The minimum atomic E-state index is -0.786. The van der Waals surface area contributed by atoms with E-state index in [2.05, 4.69) is 5.32 Å². The lowest BCUT2D eigenvalue weighted by atomic mass is 9.81. The number of carboxylic acids is 1. The van der Waals surface area contributed by atoms with E-state index in [4.69, 9.17) is 0 Å². The van der Waals surface area contributed by atoms with Crippen molar-refractivity contribution < 1.29 is 19.5 Å². The average Bonchev–Trinajstić information content (AvgIpc) is 3.21. The first-order valence-corrected chi connectivity index (χ1v) is 9.69. The monoisotopic (exact) mass is 371 g/mol. The molecule has 0 aromatic heterocycles. The third-order valence-electron chi connectivity index (χ3n) is 6.32. The van der Waals surface area contributed by atoms with Gasteiger partial charge in [-0.3, -0.25) is 9.59 Å². The number of hydrogen-bond acceptors (Lipinski definition) is 3. The molecular formula is C20H25N3O4. The van der Waals surface area contributed by atoms with Crippen LogP contribution in [0.4, 0.5) is 16.2 Å². The minimum Gasteiger partial charge on any atom is -0.481 e. The molecule has 0 spiro atoms. The molecule has 4 rings (SSSR count). The number of fused-ring (bicyclic) bond motifs is 1. The summed E-state index contributed by atoms with van der Waals surface area (Å²) in [6.07, 6.45) is 4.88. The molecule has 27 heavy (non-hydrogen) atoms. The van der Waals surface area contributed by atoms with E-state index in [0.717, 1.165) is 31.4 Å². The zero-order chi connectivity index (χ0) is 19.0. The molecule has 1 aromatic carbocycles. The number of benzene rings is 1. The highest BCUT2D eigenvalue weighted by Gasteiger charge is 2.55. The van der Waals surface area contributed by atoms with E-state index in [0.29, 0.717) is 31.6 Å². The van der Waals surface area contributed by atoms with Crippen LogP contribution in [0.1, 0.15) is 38.5 Å². The summed E-state index contributed by atoms with van der Waals surface area (Å²) in [4.78, 5) is 40.0. The van der Waals surface area contributed by atoms with Crippen LogP contribution >= 0.6 is 0 Å². The van der Waals surface area contributed by atoms with Gasteiger partial charge in [-0.25, -0.2) is 4.79 Å². The summed E-state index contributed by atoms with van der Waals surface area (Å²) in [5.41, 5.74) is 0.634. The van der Waals surface area contributed by atoms with Crippen LogP contribution in [0.15, 0.2) is 24.3 Å². The zero-order valence-electron chi connectivity index (χ0n) is 15.3. The van der Waals surface area contributed by atoms with Gasteiger partial charge in [-0.2, -0.15) is 0 Å². The lowest BCUT2D eigenvalue weighted by Crippen LogP contribution is -2.38. The number of carboxylic acid groups (broad SMARTS) is 1. The van der Waals surface area contributed by atoms with Crippen LogP contribution in [0, 0.1) is 11.3 Å². The Hall–Kier alpha value is -2.57. The summed E-state index contributed by atoms with van der Waals surface area (Å²) in [5, 5.41) is 12.6. The molecule has 2 N–H and O–H groups in total. The SMILES string of the molecule is O=C(Nc1cccc(N2CCCCC2=O)c1)N1C[C@@H]2CCC[C@@]2(C(=O)O)C1. The van der Waals surface area contributed by atoms with Gasteiger partial charge in [-0.15, -0.1) is 0 Å². The number of carbonyl (C=O) groups is 3. The first kappa shape index (κ1) is 17.8. The minimum absolute atomic E-state index is 0.0399. The number of piperidine rings is 1. The normalized spacial score (nSPS) is 27.6. The Kier molecular flexibility index (Phi) is 4.53. The Balaban J connectivity index is 1.45. The van der Waals surface area contributed by atoms with E-state index in [1.165, 1.54) is 0 Å². The number of carbonyl (C=O) groups excluding carboxylic acids is 2. The van der Waals surface area contributed by atoms with Crippen molar-refractivity contribution in [2.45, 2.75) is 38.5 Å². The van der Waals surface area contributed by atoms with Crippen LogP contribution < -0.4 is 10.2 Å². The summed E-state index contributed by atoms with van der Waals surface area (Å²) in [6, 6.07) is 7.03. The van der Waals surface area contributed by atoms with Crippen molar-refractivity contribution in [1.29, 1.82) is 0 Å². The van der Waals surface area contributed by atoms with Crippen LogP contribution in [0.2, 0.25) is 0 Å². The molecule has 1 saturated carbocycles. The maximum atomic E-state index is 12.7. The summed E-state index contributed by atoms with van der Waals surface area (Å²) < 4.78 is 0. The fourth-order valence-electron chi connectivity index (χ4n) is 4.83. The molecule has 2 saturated heterocycles. The number of rotatable bonds is 3. The van der Waals surface area contributed by atoms with Crippen LogP contribution in [-0.4, -0.2) is 47.5 Å². The second kappa shape index (κ2) is 6.87. The lowest BCUT2D eigenvalue weighted by Gasteiger charge is -2.27. The van der Waals surface area contributed by atoms with Crippen LogP contribution in [-0.2, 0) is 9.59 Å². The van der Waals surface area contributed by atoms with Gasteiger partial charge < -0.3 is 20.2 Å². The van der Waals surface area contributed by atoms with Gasteiger partial charge in [0.15, 0.2) is 0 Å². The molecular weight excluding hydrogens is 346 g/mol. The maximum Gasteiger partial charge on any atom is 0.321 e. The second-order valence-electron chi connectivity index (χ2n) is 7.91. The number of amides is 3. The first-order chi connectivity index (χ1) is 13.0. The van der Waals surface area contributed by atoms with Gasteiger partial charge in [0.05, 0.1) is 5.41 Å². The van der Waals surface area contributed by atoms with E-state index >= 15 is 0 Å². The second-order valence-corrected chi connectivity index (χ2v) is 7.91. The number of likely N-dealkylation sites (tertiary alicyclic amines) is 1. The predicted molar refractivity (Wildman–Crippen MR) is 101 cm³/mol. The van der Waals surface area contributed by atoms with E-state index in [9.17, 15) is 19.5 Å². The molecule has 0 radical (unpaired) electrons. The Morgan fingerprint density at radius 2 is 2.07 bits per heavy atom. The molecule has 144 valence electrons. The molecule has 2 atom stereocenters. The van der Waals surface area contributed by atoms with Crippen molar-refractivity contribution in [3.63, 3.8) is 0 Å². The molecule has 2 aliphatic heterocycles. The van der Waals surface area contributed by atoms with E-state index < -0.39 is 11.4 Å². The highest BCUT2D eigenvalue weighted by Crippen LogP contribution is 2.48. The molecule has 7 nitrogen and oxygen atoms in total. The molecule has 0 bridgehead atoms. The average molecular weight is 371 g/mol. The van der Waals surface area contributed by atoms with Gasteiger partial charge in [0.2, 0.25) is 5.91 Å². The molecule has 1 aliphatic carbocycles. The Morgan fingerprint density at radius 3 is 2.81 bits per heavy atom. The van der Waals surface area contributed by atoms with Gasteiger partial charge in [-0.1, -0.05) is 12.5 Å². The summed E-state index contributed by atoms with van der Waals surface area (Å²) in [7, 11) is 0. The number of urea groups is 1. The molecule has 3 aliphatic rings. The van der Waals surface area contributed by atoms with E-state index in [-0.39, 0.29) is 24.4 Å². The third-order valence-corrected chi connectivity index (χ3v) is 6.32. The highest BCUT2D eigenvalue weighted by molar-refractivity contribution is 5.96. The van der Waals surface area contributed by atoms with Gasteiger partial charge in [0, 0.05) is 37.4 Å². The quantitative estimate of drug-likeness (QED) is 0.855. The number of anilines is 2. The van der Waals surface area contributed by atoms with Crippen LogP contribution in [0.25, 0.3) is 0 Å². The fourth-order valence-corrected chi connectivity index (χ4v) is 4.83. The summed E-state index contributed by atoms with van der Waals surface area (Å²) in [5.74, 6) is -0.635. The molecule has 1 aromatic rings. The molecule has 3 amide bonds. The smallest absolute Gasteiger partial charge is 0.321 e. The number of hydrogen-bond donors (Lipinski definition) is 2. The predicted octanol–water partition coefficient (Wildman–Crippen LogP) is 2.92. The van der Waals surface area contributed by atoms with Crippen LogP contribution in [0.5, 0.6) is 0 Å². The Morgan fingerprint density at radius 1 is 1.22 bits per heavy atom. The van der Waals surface area contributed by atoms with Crippen molar-refractivity contribution in [2.75, 3.05) is 29.9 Å². The topological polar surface area (TPSA) is 90.0 Å². The van der Waals surface area contributed by atoms with Gasteiger partial charge in [-0.05, 0) is 49.8 Å². The van der Waals surface area contributed by atoms with Crippen molar-refractivity contribution in [3.8, 4) is 0 Å². The van der Waals surface area contributed by atoms with Gasteiger partial charge in [0.25, 0.3) is 0 Å². The van der Waals surface area contributed by atoms with Crippen molar-refractivity contribution in [1.82, 2.24) is 4.90 Å². The summed E-state index contributed by atoms with van der Waals surface area (Å²) in [6.45, 7) is 1.46. The molecule has 3 fully saturated rings. The number of nitrogens with one attached hydrogen (secondary N) is 1. The largest absolute Gasteiger partial charge is 0.481 e. The van der Waals surface area contributed by atoms with Gasteiger partial charge in [0.1, 0.15) is 0 Å². The number of aliphatic carboxylic acids is 1. The highest BCUT2D eigenvalue weighted by atomic mass is 16.4. The lowest BCUT2D eigenvalue weighted by molar-refractivity contribution is -0.149. The summed E-state index contributed by atoms with van der Waals surface area (Å²) >= 11 is 0. The van der Waals surface area contributed by atoms with Crippen LogP contribution in [0.3, 0.4) is 0 Å². The first-order valence-electron chi connectivity index (χ1n) is 9.69. The van der Waals surface area contributed by atoms with Crippen molar-refractivity contribution in [3.05, 3.63) is 24.3 Å². The molecule has 7 heteroatoms. The maximum absolute atomic E-state index is 12.7. The Labute approximate surface area is 158 Å². The zero-order valence-corrected chi connectivity index (χ0v) is 15.3. The van der Waals surface area contributed by atoms with E-state index in [1.807, 2.05) is 18.2 Å². The van der Waals surface area contributed by atoms with E-state index in [1.54, 1.807) is 15.9 Å². The van der Waals surface area contributed by atoms with Gasteiger partial charge >= 0.3 is 12.0 Å². The standard InChI is InChI=1S/C20H25N3O4/c24-17-8-1-2-10-23(17)16-7-3-6-15(11-16)21-19(27)22-12-14-5-4-9-20(14,13-22)18(25)26/h3,6-7,11,14H,1-2,4-5,8-10,12-13H2,(H,21,27)(H,25,26)/t14-,20+/m0/s1. The third kappa shape index (κ3) is 3.15. The number of nitrogens with zero attached hydrogens (tertiary/aromatic N) is 2. The van der Waals surface area contributed by atoms with Crippen molar-refractivity contribution in [2.24, 2.45) is 11.3 Å². The molecule has 0 unspecified atom stereocenters. The fraction of sp³-hybridized carbons (Fsp3) is 0.550. The molecule has 2 heterocycles.